The van der Waals surface area contributed by atoms with Crippen LogP contribution in [0, 0.1) is 6.92 Å². The van der Waals surface area contributed by atoms with Crippen LogP contribution in [-0.2, 0) is 0 Å². The lowest BCUT2D eigenvalue weighted by Crippen LogP contribution is -2.14. The molecule has 0 bridgehead atoms. The van der Waals surface area contributed by atoms with Gasteiger partial charge in [0, 0.05) is 16.5 Å². The van der Waals surface area contributed by atoms with Gasteiger partial charge < -0.3 is 5.32 Å². The molecule has 24 heavy (non-hydrogen) atoms. The first-order valence-corrected chi connectivity index (χ1v) is 8.36. The minimum atomic E-state index is -0.321. The molecule has 1 N–H and O–H groups in total. The standard InChI is InChI=1S/C19H16N2O2S/c1-12-7-9-14(10-8-12)19-21-17(11-24-19)18(23)20-16-6-4-3-5-15(16)13(2)22/h3-11H,1-2H3,(H,20,23). The van der Waals surface area contributed by atoms with E-state index in [4.69, 9.17) is 0 Å². The van der Waals surface area contributed by atoms with Gasteiger partial charge in [0.05, 0.1) is 5.69 Å². The van der Waals surface area contributed by atoms with E-state index in [-0.39, 0.29) is 11.7 Å². The highest BCUT2D eigenvalue weighted by molar-refractivity contribution is 7.13. The van der Waals surface area contributed by atoms with Crippen LogP contribution in [0.15, 0.2) is 53.9 Å². The number of amides is 1. The average molecular weight is 336 g/mol. The summed E-state index contributed by atoms with van der Waals surface area (Å²) in [5.74, 6) is -0.414. The van der Waals surface area contributed by atoms with Crippen molar-refractivity contribution < 1.29 is 9.59 Å². The Kier molecular flexibility index (Phi) is 4.53. The summed E-state index contributed by atoms with van der Waals surface area (Å²) < 4.78 is 0. The number of Topliss-reactive ketones (excluding diaryl/α,β-unsaturated/α-hetero) is 1. The third kappa shape index (κ3) is 3.41. The van der Waals surface area contributed by atoms with Crippen molar-refractivity contribution in [3.63, 3.8) is 0 Å². The van der Waals surface area contributed by atoms with E-state index in [0.29, 0.717) is 16.9 Å². The van der Waals surface area contributed by atoms with Gasteiger partial charge >= 0.3 is 0 Å². The lowest BCUT2D eigenvalue weighted by atomic mass is 10.1. The fraction of sp³-hybridized carbons (Fsp3) is 0.105. The first-order chi connectivity index (χ1) is 11.5. The van der Waals surface area contributed by atoms with Gasteiger partial charge in [-0.3, -0.25) is 9.59 Å². The van der Waals surface area contributed by atoms with Crippen LogP contribution in [-0.4, -0.2) is 16.7 Å². The Morgan fingerprint density at radius 1 is 1.04 bits per heavy atom. The molecule has 0 saturated heterocycles. The van der Waals surface area contributed by atoms with E-state index in [1.54, 1.807) is 29.6 Å². The van der Waals surface area contributed by atoms with Crippen LogP contribution in [0.1, 0.15) is 33.3 Å². The predicted molar refractivity (Wildman–Crippen MR) is 96.7 cm³/mol. The molecular formula is C19H16N2O2S. The second-order valence-corrected chi connectivity index (χ2v) is 6.32. The second kappa shape index (κ2) is 6.76. The molecule has 1 heterocycles. The molecule has 2 aromatic carbocycles. The number of thiazole rings is 1. The van der Waals surface area contributed by atoms with Crippen LogP contribution in [0.3, 0.4) is 0 Å². The van der Waals surface area contributed by atoms with Crippen LogP contribution in [0.5, 0.6) is 0 Å². The second-order valence-electron chi connectivity index (χ2n) is 5.46. The molecule has 0 spiro atoms. The molecule has 120 valence electrons. The third-order valence-corrected chi connectivity index (χ3v) is 4.48. The quantitative estimate of drug-likeness (QED) is 0.710. The van der Waals surface area contributed by atoms with Crippen molar-refractivity contribution in [2.45, 2.75) is 13.8 Å². The van der Waals surface area contributed by atoms with Crippen molar-refractivity contribution >= 4 is 28.7 Å². The van der Waals surface area contributed by atoms with Gasteiger partial charge in [0.1, 0.15) is 10.7 Å². The van der Waals surface area contributed by atoms with Gasteiger partial charge in [-0.15, -0.1) is 11.3 Å². The number of hydrogen-bond acceptors (Lipinski definition) is 4. The van der Waals surface area contributed by atoms with Gasteiger partial charge in [0.25, 0.3) is 5.91 Å². The van der Waals surface area contributed by atoms with Gasteiger partial charge in [-0.25, -0.2) is 4.98 Å². The van der Waals surface area contributed by atoms with Crippen molar-refractivity contribution in [3.05, 3.63) is 70.7 Å². The maximum atomic E-state index is 12.4. The smallest absolute Gasteiger partial charge is 0.275 e. The SMILES string of the molecule is CC(=O)c1ccccc1NC(=O)c1csc(-c2ccc(C)cc2)n1. The van der Waals surface area contributed by atoms with Gasteiger partial charge in [-0.1, -0.05) is 42.0 Å². The lowest BCUT2D eigenvalue weighted by molar-refractivity contribution is 0.101. The van der Waals surface area contributed by atoms with E-state index in [0.717, 1.165) is 10.6 Å². The molecule has 0 saturated carbocycles. The summed E-state index contributed by atoms with van der Waals surface area (Å²) in [7, 11) is 0. The van der Waals surface area contributed by atoms with Crippen LogP contribution in [0.25, 0.3) is 10.6 Å². The monoisotopic (exact) mass is 336 g/mol. The summed E-state index contributed by atoms with van der Waals surface area (Å²) in [4.78, 5) is 28.4. The zero-order valence-corrected chi connectivity index (χ0v) is 14.2. The number of carbonyl (C=O) groups is 2. The molecule has 4 nitrogen and oxygen atoms in total. The molecule has 1 amide bonds. The minimum Gasteiger partial charge on any atom is -0.320 e. The maximum Gasteiger partial charge on any atom is 0.275 e. The van der Waals surface area contributed by atoms with Crippen LogP contribution < -0.4 is 5.32 Å². The number of aromatic nitrogens is 1. The Morgan fingerprint density at radius 3 is 2.46 bits per heavy atom. The fourth-order valence-electron chi connectivity index (χ4n) is 2.29. The first kappa shape index (κ1) is 16.1. The largest absolute Gasteiger partial charge is 0.320 e. The number of ketones is 1. The predicted octanol–water partition coefficient (Wildman–Crippen LogP) is 4.57. The Balaban J connectivity index is 1.82. The Morgan fingerprint density at radius 2 is 1.75 bits per heavy atom. The normalized spacial score (nSPS) is 10.4. The Labute approximate surface area is 144 Å². The van der Waals surface area contributed by atoms with E-state index >= 15 is 0 Å². The highest BCUT2D eigenvalue weighted by Crippen LogP contribution is 2.25. The number of para-hydroxylation sites is 1. The zero-order valence-electron chi connectivity index (χ0n) is 13.4. The number of aryl methyl sites for hydroxylation is 1. The number of nitrogens with one attached hydrogen (secondary N) is 1. The molecule has 0 aliphatic carbocycles. The number of carbonyl (C=O) groups excluding carboxylic acids is 2. The van der Waals surface area contributed by atoms with Gasteiger partial charge in [0.2, 0.25) is 0 Å². The summed E-state index contributed by atoms with van der Waals surface area (Å²) in [6.07, 6.45) is 0. The number of nitrogens with zero attached hydrogens (tertiary/aromatic N) is 1. The van der Waals surface area contributed by atoms with Crippen LogP contribution >= 0.6 is 11.3 Å². The lowest BCUT2D eigenvalue weighted by Gasteiger charge is -2.07. The number of rotatable bonds is 4. The molecule has 0 atom stereocenters. The molecule has 3 aromatic rings. The molecule has 0 aliphatic rings. The third-order valence-electron chi connectivity index (χ3n) is 3.59. The van der Waals surface area contributed by atoms with E-state index in [9.17, 15) is 9.59 Å². The molecular weight excluding hydrogens is 320 g/mol. The van der Waals surface area contributed by atoms with Crippen molar-refractivity contribution in [1.29, 1.82) is 0 Å². The summed E-state index contributed by atoms with van der Waals surface area (Å²) >= 11 is 1.42. The summed E-state index contributed by atoms with van der Waals surface area (Å²) in [6.45, 7) is 3.50. The molecule has 5 heteroatoms. The van der Waals surface area contributed by atoms with Crippen molar-refractivity contribution in [2.24, 2.45) is 0 Å². The Bertz CT molecular complexity index is 898. The van der Waals surface area contributed by atoms with Crippen molar-refractivity contribution in [1.82, 2.24) is 4.98 Å². The van der Waals surface area contributed by atoms with Crippen LogP contribution in [0.4, 0.5) is 5.69 Å². The number of anilines is 1. The van der Waals surface area contributed by atoms with Crippen molar-refractivity contribution in [2.75, 3.05) is 5.32 Å². The molecule has 0 unspecified atom stereocenters. The van der Waals surface area contributed by atoms with Gasteiger partial charge in [-0.05, 0) is 26.0 Å². The topological polar surface area (TPSA) is 59.1 Å². The van der Waals surface area contributed by atoms with Crippen LogP contribution in [0.2, 0.25) is 0 Å². The molecule has 1 aromatic heterocycles. The minimum absolute atomic E-state index is 0.0930. The summed E-state index contributed by atoms with van der Waals surface area (Å²) in [5, 5.41) is 5.28. The van der Waals surface area contributed by atoms with Gasteiger partial charge in [0.15, 0.2) is 5.78 Å². The molecule has 0 fully saturated rings. The summed E-state index contributed by atoms with van der Waals surface area (Å²) in [6, 6.07) is 14.9. The molecule has 0 radical (unpaired) electrons. The fourth-order valence-corrected chi connectivity index (χ4v) is 3.10. The maximum absolute atomic E-state index is 12.4. The van der Waals surface area contributed by atoms with E-state index in [1.165, 1.54) is 23.8 Å². The Hall–Kier alpha value is -2.79. The zero-order chi connectivity index (χ0) is 17.1. The summed E-state index contributed by atoms with van der Waals surface area (Å²) in [5.41, 5.74) is 3.48. The number of hydrogen-bond donors (Lipinski definition) is 1. The highest BCUT2D eigenvalue weighted by Gasteiger charge is 2.14. The molecule has 3 rings (SSSR count). The van der Waals surface area contributed by atoms with E-state index < -0.39 is 0 Å². The first-order valence-electron chi connectivity index (χ1n) is 7.48. The highest BCUT2D eigenvalue weighted by atomic mass is 32.1. The van der Waals surface area contributed by atoms with E-state index in [2.05, 4.69) is 10.3 Å². The number of benzene rings is 2. The molecule has 0 aliphatic heterocycles. The van der Waals surface area contributed by atoms with Crippen molar-refractivity contribution in [3.8, 4) is 10.6 Å². The van der Waals surface area contributed by atoms with Gasteiger partial charge in [-0.2, -0.15) is 0 Å². The average Bonchev–Trinajstić information content (AvgIpc) is 3.06. The van der Waals surface area contributed by atoms with E-state index in [1.807, 2.05) is 31.2 Å².